The van der Waals surface area contributed by atoms with Gasteiger partial charge < -0.3 is 15.2 Å². The van der Waals surface area contributed by atoms with Gasteiger partial charge in [-0.1, -0.05) is 49.1 Å². The quantitative estimate of drug-likeness (QED) is 0.774. The topological polar surface area (TPSA) is 58.6 Å². The number of hydrogen-bond acceptors (Lipinski definition) is 3. The molecule has 1 amide bonds. The molecule has 23 heavy (non-hydrogen) atoms. The smallest absolute Gasteiger partial charge is 0.220 e. The van der Waals surface area contributed by atoms with Gasteiger partial charge in [-0.25, -0.2) is 0 Å². The van der Waals surface area contributed by atoms with Gasteiger partial charge in [0.05, 0.1) is 19.3 Å². The van der Waals surface area contributed by atoms with Gasteiger partial charge in [-0.05, 0) is 31.2 Å². The van der Waals surface area contributed by atoms with Crippen molar-refractivity contribution in [1.82, 2.24) is 5.32 Å². The minimum Gasteiger partial charge on any atom is -0.394 e. The Bertz CT molecular complexity index is 466. The maximum absolute atomic E-state index is 12.2. The van der Waals surface area contributed by atoms with Crippen LogP contribution in [0.2, 0.25) is 0 Å². The molecular weight excluding hydrogens is 290 g/mol. The van der Waals surface area contributed by atoms with Crippen LogP contribution in [0.15, 0.2) is 24.3 Å². The van der Waals surface area contributed by atoms with Crippen LogP contribution in [0.5, 0.6) is 0 Å². The summed E-state index contributed by atoms with van der Waals surface area (Å²) in [6, 6.07) is 8.11. The van der Waals surface area contributed by atoms with E-state index in [4.69, 9.17) is 9.84 Å². The Morgan fingerprint density at radius 3 is 2.61 bits per heavy atom. The summed E-state index contributed by atoms with van der Waals surface area (Å²) in [6.45, 7) is 2.75. The lowest BCUT2D eigenvalue weighted by atomic mass is 9.87. The van der Waals surface area contributed by atoms with Gasteiger partial charge in [-0.2, -0.15) is 0 Å². The Balaban J connectivity index is 1.84. The third-order valence-electron chi connectivity index (χ3n) is 4.54. The predicted octanol–water partition coefficient (Wildman–Crippen LogP) is 3.13. The first-order valence-electron chi connectivity index (χ1n) is 8.74. The summed E-state index contributed by atoms with van der Waals surface area (Å²) in [5.74, 6) is 0.654. The second-order valence-electron chi connectivity index (χ2n) is 6.51. The molecule has 0 radical (unpaired) electrons. The van der Waals surface area contributed by atoms with Crippen molar-refractivity contribution >= 4 is 5.91 Å². The number of nitrogens with one attached hydrogen (secondary N) is 1. The fourth-order valence-corrected chi connectivity index (χ4v) is 3.18. The van der Waals surface area contributed by atoms with Crippen molar-refractivity contribution in [2.75, 3.05) is 19.8 Å². The minimum atomic E-state index is -0.210. The van der Waals surface area contributed by atoms with Crippen molar-refractivity contribution in [2.45, 2.75) is 51.6 Å². The van der Waals surface area contributed by atoms with E-state index >= 15 is 0 Å². The summed E-state index contributed by atoms with van der Waals surface area (Å²) in [5.41, 5.74) is 2.22. The largest absolute Gasteiger partial charge is 0.394 e. The van der Waals surface area contributed by atoms with Crippen LogP contribution in [0.3, 0.4) is 0 Å². The van der Waals surface area contributed by atoms with Crippen LogP contribution >= 0.6 is 0 Å². The predicted molar refractivity (Wildman–Crippen MR) is 91.2 cm³/mol. The molecule has 1 atom stereocenters. The molecule has 4 nitrogen and oxygen atoms in total. The zero-order chi connectivity index (χ0) is 16.5. The molecule has 128 valence electrons. The molecule has 1 unspecified atom stereocenters. The Morgan fingerprint density at radius 1 is 1.26 bits per heavy atom. The van der Waals surface area contributed by atoms with Crippen molar-refractivity contribution < 1.29 is 14.6 Å². The first-order valence-corrected chi connectivity index (χ1v) is 8.74. The van der Waals surface area contributed by atoms with Gasteiger partial charge in [0.15, 0.2) is 0 Å². The molecule has 1 aromatic carbocycles. The number of aryl methyl sites for hydroxylation is 1. The zero-order valence-electron chi connectivity index (χ0n) is 14.1. The molecule has 0 aliphatic heterocycles. The number of benzene rings is 1. The van der Waals surface area contributed by atoms with Crippen LogP contribution in [0.25, 0.3) is 0 Å². The maximum atomic E-state index is 12.2. The fraction of sp³-hybridized carbons (Fsp3) is 0.632. The number of carbonyl (C=O) groups is 1. The molecule has 1 aliphatic rings. The number of amides is 1. The average Bonchev–Trinajstić information content (AvgIpc) is 2.57. The average molecular weight is 319 g/mol. The Kier molecular flexibility index (Phi) is 7.56. The molecule has 1 fully saturated rings. The van der Waals surface area contributed by atoms with E-state index < -0.39 is 0 Å². The van der Waals surface area contributed by atoms with E-state index in [1.165, 1.54) is 37.7 Å². The highest BCUT2D eigenvalue weighted by Gasteiger charge is 2.18. The van der Waals surface area contributed by atoms with Crippen LogP contribution in [0.1, 0.15) is 55.8 Å². The molecule has 0 bridgehead atoms. The standard InChI is InChI=1S/C19H29NO3/c1-15-7-9-17(10-8-15)18(23-12-11-21)14-20-19(22)13-16-5-3-2-4-6-16/h7-10,16,18,21H,2-6,11-14H2,1H3,(H,20,22). The van der Waals surface area contributed by atoms with Crippen molar-refractivity contribution in [3.05, 3.63) is 35.4 Å². The number of hydrogen-bond donors (Lipinski definition) is 2. The highest BCUT2D eigenvalue weighted by atomic mass is 16.5. The molecule has 0 spiro atoms. The summed E-state index contributed by atoms with van der Waals surface area (Å²) in [5, 5.41) is 12.0. The van der Waals surface area contributed by atoms with Gasteiger partial charge in [0.1, 0.15) is 0 Å². The van der Waals surface area contributed by atoms with Crippen molar-refractivity contribution in [1.29, 1.82) is 0 Å². The van der Waals surface area contributed by atoms with Crippen LogP contribution in [0.4, 0.5) is 0 Å². The molecule has 1 saturated carbocycles. The first-order chi connectivity index (χ1) is 11.2. The number of ether oxygens (including phenoxy) is 1. The summed E-state index contributed by atoms with van der Waals surface area (Å²) in [6.07, 6.45) is 6.58. The normalized spacial score (nSPS) is 17.0. The summed E-state index contributed by atoms with van der Waals surface area (Å²) < 4.78 is 5.69. The van der Waals surface area contributed by atoms with Crippen molar-refractivity contribution in [3.63, 3.8) is 0 Å². The number of rotatable bonds is 8. The molecule has 2 rings (SSSR count). The Morgan fingerprint density at radius 2 is 1.96 bits per heavy atom. The van der Waals surface area contributed by atoms with Gasteiger partial charge in [-0.15, -0.1) is 0 Å². The lowest BCUT2D eigenvalue weighted by Crippen LogP contribution is -2.31. The van der Waals surface area contributed by atoms with Gasteiger partial charge >= 0.3 is 0 Å². The Hall–Kier alpha value is -1.39. The summed E-state index contributed by atoms with van der Waals surface area (Å²) in [7, 11) is 0. The fourth-order valence-electron chi connectivity index (χ4n) is 3.18. The molecule has 0 heterocycles. The van der Waals surface area contributed by atoms with E-state index in [2.05, 4.69) is 5.32 Å². The highest BCUT2D eigenvalue weighted by molar-refractivity contribution is 5.76. The van der Waals surface area contributed by atoms with Gasteiger partial charge in [-0.3, -0.25) is 4.79 Å². The van der Waals surface area contributed by atoms with Gasteiger partial charge in [0.25, 0.3) is 0 Å². The monoisotopic (exact) mass is 319 g/mol. The SMILES string of the molecule is Cc1ccc(C(CNC(=O)CC2CCCCC2)OCCO)cc1. The molecule has 4 heteroatoms. The summed E-state index contributed by atoms with van der Waals surface area (Å²) in [4.78, 5) is 12.2. The van der Waals surface area contributed by atoms with Crippen LogP contribution in [-0.2, 0) is 9.53 Å². The van der Waals surface area contributed by atoms with E-state index in [-0.39, 0.29) is 25.2 Å². The van der Waals surface area contributed by atoms with Crippen molar-refractivity contribution in [2.24, 2.45) is 5.92 Å². The zero-order valence-corrected chi connectivity index (χ0v) is 14.1. The lowest BCUT2D eigenvalue weighted by molar-refractivity contribution is -0.123. The molecule has 2 N–H and O–H groups in total. The molecule has 0 aromatic heterocycles. The lowest BCUT2D eigenvalue weighted by Gasteiger charge is -2.22. The van der Waals surface area contributed by atoms with Gasteiger partial charge in [0, 0.05) is 13.0 Å². The Labute approximate surface area is 139 Å². The maximum Gasteiger partial charge on any atom is 0.220 e. The van der Waals surface area contributed by atoms with Crippen LogP contribution in [0, 0.1) is 12.8 Å². The van der Waals surface area contributed by atoms with Crippen LogP contribution in [-0.4, -0.2) is 30.8 Å². The second-order valence-corrected chi connectivity index (χ2v) is 6.51. The minimum absolute atomic E-state index is 0.0155. The van der Waals surface area contributed by atoms with E-state index in [1.807, 2.05) is 31.2 Å². The highest BCUT2D eigenvalue weighted by Crippen LogP contribution is 2.26. The van der Waals surface area contributed by atoms with Gasteiger partial charge in [0.2, 0.25) is 5.91 Å². The molecule has 1 aromatic rings. The van der Waals surface area contributed by atoms with Crippen LogP contribution < -0.4 is 5.32 Å². The second kappa shape index (κ2) is 9.68. The number of aliphatic hydroxyl groups excluding tert-OH is 1. The first kappa shape index (κ1) is 18.0. The van der Waals surface area contributed by atoms with E-state index in [1.54, 1.807) is 0 Å². The third kappa shape index (κ3) is 6.32. The van der Waals surface area contributed by atoms with E-state index in [9.17, 15) is 4.79 Å². The number of aliphatic hydroxyl groups is 1. The molecular formula is C19H29NO3. The molecule has 0 saturated heterocycles. The van der Waals surface area contributed by atoms with E-state index in [0.717, 1.165) is 5.56 Å². The van der Waals surface area contributed by atoms with Crippen molar-refractivity contribution in [3.8, 4) is 0 Å². The number of carbonyl (C=O) groups excluding carboxylic acids is 1. The molecule has 1 aliphatic carbocycles. The van der Waals surface area contributed by atoms with E-state index in [0.29, 0.717) is 18.9 Å². The third-order valence-corrected chi connectivity index (χ3v) is 4.54. The summed E-state index contributed by atoms with van der Waals surface area (Å²) >= 11 is 0.